The van der Waals surface area contributed by atoms with Crippen LogP contribution in [0.4, 0.5) is 0 Å². The number of nitrogens with two attached hydrogens (primary N) is 1. The van der Waals surface area contributed by atoms with Crippen molar-refractivity contribution in [2.24, 2.45) is 5.73 Å². The van der Waals surface area contributed by atoms with Crippen molar-refractivity contribution in [3.8, 4) is 0 Å². The summed E-state index contributed by atoms with van der Waals surface area (Å²) in [6.45, 7) is 7.31. The minimum atomic E-state index is -0.131. The summed E-state index contributed by atoms with van der Waals surface area (Å²) in [5, 5.41) is 5.64. The highest BCUT2D eigenvalue weighted by atomic mass is 32.1. The first kappa shape index (κ1) is 15.7. The maximum Gasteiger partial charge on any atom is 0.271 e. The summed E-state index contributed by atoms with van der Waals surface area (Å²) in [6.07, 6.45) is 0.716. The third-order valence-electron chi connectivity index (χ3n) is 3.41. The quantitative estimate of drug-likeness (QED) is 0.891. The van der Waals surface area contributed by atoms with Gasteiger partial charge in [-0.1, -0.05) is 17.7 Å². The average Bonchev–Trinajstić information content (AvgIpc) is 2.86. The molecule has 0 aliphatic carbocycles. The van der Waals surface area contributed by atoms with E-state index < -0.39 is 0 Å². The van der Waals surface area contributed by atoms with Crippen molar-refractivity contribution in [3.63, 3.8) is 0 Å². The van der Waals surface area contributed by atoms with E-state index in [2.05, 4.69) is 43.2 Å². The Bertz CT molecular complexity index is 626. The van der Waals surface area contributed by atoms with E-state index in [1.54, 1.807) is 5.38 Å². The molecule has 0 aliphatic rings. The molecule has 1 aromatic carbocycles. The third-order valence-corrected chi connectivity index (χ3v) is 4.32. The van der Waals surface area contributed by atoms with Crippen molar-refractivity contribution in [1.82, 2.24) is 10.3 Å². The number of aryl methyl sites for hydroxylation is 3. The van der Waals surface area contributed by atoms with Crippen molar-refractivity contribution in [1.29, 1.82) is 0 Å². The molecule has 0 atom stereocenters. The zero-order valence-corrected chi connectivity index (χ0v) is 13.5. The minimum Gasteiger partial charge on any atom is -0.347 e. The summed E-state index contributed by atoms with van der Waals surface area (Å²) >= 11 is 1.48. The molecule has 3 N–H and O–H groups in total. The SMILES string of the molecule is Cc1cc(C)c(CNC(=O)c2csc(CCN)n2)c(C)c1. The van der Waals surface area contributed by atoms with Crippen LogP contribution in [0.3, 0.4) is 0 Å². The van der Waals surface area contributed by atoms with E-state index in [4.69, 9.17) is 5.73 Å². The number of aromatic nitrogens is 1. The standard InChI is InChI=1S/C16H21N3OS/c1-10-6-11(2)13(12(3)7-10)8-18-16(20)14-9-21-15(19-14)4-5-17/h6-7,9H,4-5,8,17H2,1-3H3,(H,18,20). The van der Waals surface area contributed by atoms with E-state index in [0.717, 1.165) is 5.01 Å². The van der Waals surface area contributed by atoms with Crippen LogP contribution in [0.2, 0.25) is 0 Å². The first-order chi connectivity index (χ1) is 10.0. The average molecular weight is 303 g/mol. The second kappa shape index (κ2) is 6.83. The van der Waals surface area contributed by atoms with Crippen LogP contribution in [-0.4, -0.2) is 17.4 Å². The lowest BCUT2D eigenvalue weighted by Gasteiger charge is -2.11. The molecule has 2 rings (SSSR count). The molecular weight excluding hydrogens is 282 g/mol. The van der Waals surface area contributed by atoms with Crippen LogP contribution in [0.1, 0.15) is 37.7 Å². The highest BCUT2D eigenvalue weighted by molar-refractivity contribution is 7.09. The molecule has 0 fully saturated rings. The van der Waals surface area contributed by atoms with E-state index in [1.807, 2.05) is 0 Å². The summed E-state index contributed by atoms with van der Waals surface area (Å²) in [6, 6.07) is 4.27. The van der Waals surface area contributed by atoms with E-state index in [1.165, 1.54) is 33.6 Å². The fourth-order valence-corrected chi connectivity index (χ4v) is 3.20. The zero-order chi connectivity index (χ0) is 15.4. The number of hydrogen-bond acceptors (Lipinski definition) is 4. The number of thiazole rings is 1. The Morgan fingerprint density at radius 3 is 2.57 bits per heavy atom. The van der Waals surface area contributed by atoms with E-state index in [9.17, 15) is 4.79 Å². The lowest BCUT2D eigenvalue weighted by Crippen LogP contribution is -2.24. The fourth-order valence-electron chi connectivity index (χ4n) is 2.40. The molecule has 1 heterocycles. The zero-order valence-electron chi connectivity index (χ0n) is 12.7. The van der Waals surface area contributed by atoms with Gasteiger partial charge < -0.3 is 11.1 Å². The fraction of sp³-hybridized carbons (Fsp3) is 0.375. The molecule has 0 radical (unpaired) electrons. The number of benzene rings is 1. The molecule has 2 aromatic rings. The maximum atomic E-state index is 12.1. The topological polar surface area (TPSA) is 68.0 Å². The third kappa shape index (κ3) is 3.89. The molecule has 0 saturated carbocycles. The Hall–Kier alpha value is -1.72. The Labute approximate surface area is 129 Å². The lowest BCUT2D eigenvalue weighted by atomic mass is 10.00. The van der Waals surface area contributed by atoms with Gasteiger partial charge in [-0.25, -0.2) is 4.98 Å². The monoisotopic (exact) mass is 303 g/mol. The van der Waals surface area contributed by atoms with Crippen LogP contribution in [0.25, 0.3) is 0 Å². The molecule has 5 heteroatoms. The predicted molar refractivity (Wildman–Crippen MR) is 86.7 cm³/mol. The van der Waals surface area contributed by atoms with Crippen molar-refractivity contribution in [2.75, 3.05) is 6.54 Å². The van der Waals surface area contributed by atoms with Gasteiger partial charge in [-0.15, -0.1) is 11.3 Å². The Morgan fingerprint density at radius 2 is 1.95 bits per heavy atom. The molecule has 0 aliphatic heterocycles. The van der Waals surface area contributed by atoms with E-state index >= 15 is 0 Å². The van der Waals surface area contributed by atoms with Gasteiger partial charge in [0.05, 0.1) is 5.01 Å². The van der Waals surface area contributed by atoms with Gasteiger partial charge in [-0.05, 0) is 44.0 Å². The minimum absolute atomic E-state index is 0.131. The lowest BCUT2D eigenvalue weighted by molar-refractivity contribution is 0.0946. The van der Waals surface area contributed by atoms with Crippen LogP contribution in [0.5, 0.6) is 0 Å². The normalized spacial score (nSPS) is 10.7. The van der Waals surface area contributed by atoms with Gasteiger partial charge in [0.1, 0.15) is 5.69 Å². The molecule has 112 valence electrons. The van der Waals surface area contributed by atoms with Crippen molar-refractivity contribution < 1.29 is 4.79 Å². The van der Waals surface area contributed by atoms with Crippen molar-refractivity contribution in [3.05, 3.63) is 50.5 Å². The number of nitrogens with zero attached hydrogens (tertiary/aromatic N) is 1. The summed E-state index contributed by atoms with van der Waals surface area (Å²) in [5.74, 6) is -0.131. The van der Waals surface area contributed by atoms with Gasteiger partial charge in [0, 0.05) is 18.3 Å². The first-order valence-corrected chi connectivity index (χ1v) is 7.88. The van der Waals surface area contributed by atoms with Crippen LogP contribution in [0, 0.1) is 20.8 Å². The van der Waals surface area contributed by atoms with Gasteiger partial charge >= 0.3 is 0 Å². The molecule has 1 aromatic heterocycles. The molecule has 1 amide bonds. The summed E-state index contributed by atoms with van der Waals surface area (Å²) in [4.78, 5) is 16.4. The number of carbonyl (C=O) groups excluding carboxylic acids is 1. The van der Waals surface area contributed by atoms with Gasteiger partial charge in [-0.3, -0.25) is 4.79 Å². The van der Waals surface area contributed by atoms with Gasteiger partial charge in [0.15, 0.2) is 0 Å². The summed E-state index contributed by atoms with van der Waals surface area (Å²) in [7, 11) is 0. The Morgan fingerprint density at radius 1 is 1.29 bits per heavy atom. The number of nitrogens with one attached hydrogen (secondary N) is 1. The largest absolute Gasteiger partial charge is 0.347 e. The molecular formula is C16H21N3OS. The number of rotatable bonds is 5. The molecule has 0 unspecified atom stereocenters. The van der Waals surface area contributed by atoms with Crippen LogP contribution in [-0.2, 0) is 13.0 Å². The van der Waals surface area contributed by atoms with Crippen molar-refractivity contribution in [2.45, 2.75) is 33.7 Å². The van der Waals surface area contributed by atoms with Gasteiger partial charge in [0.25, 0.3) is 5.91 Å². The molecule has 0 spiro atoms. The second-order valence-electron chi connectivity index (χ2n) is 5.23. The summed E-state index contributed by atoms with van der Waals surface area (Å²) < 4.78 is 0. The van der Waals surface area contributed by atoms with Crippen molar-refractivity contribution >= 4 is 17.2 Å². The number of carbonyl (C=O) groups is 1. The van der Waals surface area contributed by atoms with Gasteiger partial charge in [-0.2, -0.15) is 0 Å². The van der Waals surface area contributed by atoms with Crippen LogP contribution >= 0.6 is 11.3 Å². The second-order valence-corrected chi connectivity index (χ2v) is 6.17. The number of amides is 1. The van der Waals surface area contributed by atoms with Crippen LogP contribution < -0.4 is 11.1 Å². The Kier molecular flexibility index (Phi) is 5.09. The molecule has 0 bridgehead atoms. The summed E-state index contributed by atoms with van der Waals surface area (Å²) in [5.41, 5.74) is 10.8. The Balaban J connectivity index is 2.04. The maximum absolute atomic E-state index is 12.1. The first-order valence-electron chi connectivity index (χ1n) is 7.00. The highest BCUT2D eigenvalue weighted by Gasteiger charge is 2.11. The molecule has 0 saturated heterocycles. The highest BCUT2D eigenvalue weighted by Crippen LogP contribution is 2.16. The predicted octanol–water partition coefficient (Wildman–Crippen LogP) is 2.50. The smallest absolute Gasteiger partial charge is 0.271 e. The molecule has 4 nitrogen and oxygen atoms in total. The number of hydrogen-bond donors (Lipinski definition) is 2. The van der Waals surface area contributed by atoms with Crippen LogP contribution in [0.15, 0.2) is 17.5 Å². The van der Waals surface area contributed by atoms with E-state index in [-0.39, 0.29) is 5.91 Å². The molecule has 21 heavy (non-hydrogen) atoms. The van der Waals surface area contributed by atoms with E-state index in [0.29, 0.717) is 25.2 Å². The van der Waals surface area contributed by atoms with Gasteiger partial charge in [0.2, 0.25) is 0 Å².